The average Bonchev–Trinajstić information content (AvgIpc) is 2.55. The van der Waals surface area contributed by atoms with Crippen LogP contribution in [-0.2, 0) is 0 Å². The summed E-state index contributed by atoms with van der Waals surface area (Å²) >= 11 is 0. The van der Waals surface area contributed by atoms with E-state index >= 15 is 0 Å². The van der Waals surface area contributed by atoms with E-state index in [9.17, 15) is 4.39 Å². The molecule has 2 aromatic rings. The van der Waals surface area contributed by atoms with Crippen molar-refractivity contribution >= 4 is 0 Å². The molecule has 1 heteroatoms. The molecule has 0 saturated heterocycles. The molecule has 0 spiro atoms. The van der Waals surface area contributed by atoms with Gasteiger partial charge in [0, 0.05) is 0 Å². The summed E-state index contributed by atoms with van der Waals surface area (Å²) in [7, 11) is 0. The molecule has 21 heavy (non-hydrogen) atoms. The third kappa shape index (κ3) is 3.34. The molecular formula is C20H23F. The first-order chi connectivity index (χ1) is 10.3. The zero-order chi connectivity index (χ0) is 14.7. The maximum Gasteiger partial charge on any atom is 0.123 e. The fourth-order valence-electron chi connectivity index (χ4n) is 3.52. The summed E-state index contributed by atoms with van der Waals surface area (Å²) in [6, 6.07) is 15.6. The molecule has 0 atom stereocenters. The molecule has 1 saturated carbocycles. The van der Waals surface area contributed by atoms with Gasteiger partial charge >= 0.3 is 0 Å². The molecule has 0 aromatic heterocycles. The van der Waals surface area contributed by atoms with Crippen molar-refractivity contribution in [3.05, 3.63) is 59.9 Å². The molecule has 0 bridgehead atoms. The summed E-state index contributed by atoms with van der Waals surface area (Å²) in [4.78, 5) is 0. The van der Waals surface area contributed by atoms with Crippen LogP contribution >= 0.6 is 0 Å². The van der Waals surface area contributed by atoms with Crippen molar-refractivity contribution < 1.29 is 4.39 Å². The molecule has 1 aliphatic carbocycles. The van der Waals surface area contributed by atoms with Crippen LogP contribution in [0.25, 0.3) is 11.1 Å². The lowest BCUT2D eigenvalue weighted by atomic mass is 9.77. The van der Waals surface area contributed by atoms with Crippen LogP contribution in [-0.4, -0.2) is 0 Å². The van der Waals surface area contributed by atoms with Crippen molar-refractivity contribution in [3.63, 3.8) is 0 Å². The molecule has 110 valence electrons. The van der Waals surface area contributed by atoms with Gasteiger partial charge in [-0.3, -0.25) is 0 Å². The summed E-state index contributed by atoms with van der Waals surface area (Å²) in [6.45, 7) is 2.30. The summed E-state index contributed by atoms with van der Waals surface area (Å²) in [6.07, 6.45) is 6.69. The fourth-order valence-corrected chi connectivity index (χ4v) is 3.52. The van der Waals surface area contributed by atoms with Crippen molar-refractivity contribution in [2.75, 3.05) is 0 Å². The molecule has 0 radical (unpaired) electrons. The van der Waals surface area contributed by atoms with Crippen LogP contribution in [0.1, 0.15) is 50.5 Å². The van der Waals surface area contributed by atoms with Gasteiger partial charge in [0.25, 0.3) is 0 Å². The van der Waals surface area contributed by atoms with Crippen molar-refractivity contribution in [2.24, 2.45) is 5.92 Å². The average molecular weight is 282 g/mol. The molecule has 0 unspecified atom stereocenters. The summed E-state index contributed by atoms with van der Waals surface area (Å²) in [5, 5.41) is 0. The largest absolute Gasteiger partial charge is 0.207 e. The third-order valence-electron chi connectivity index (χ3n) is 4.96. The van der Waals surface area contributed by atoms with Gasteiger partial charge in [-0.2, -0.15) is 0 Å². The Balaban J connectivity index is 1.73. The van der Waals surface area contributed by atoms with Gasteiger partial charge in [-0.05, 0) is 66.3 Å². The lowest BCUT2D eigenvalue weighted by Gasteiger charge is -2.28. The first kappa shape index (κ1) is 14.3. The van der Waals surface area contributed by atoms with Crippen LogP contribution in [0.2, 0.25) is 0 Å². The molecule has 0 amide bonds. The lowest BCUT2D eigenvalue weighted by Crippen LogP contribution is -2.12. The van der Waals surface area contributed by atoms with Crippen LogP contribution < -0.4 is 0 Å². The third-order valence-corrected chi connectivity index (χ3v) is 4.96. The second-order valence-corrected chi connectivity index (χ2v) is 6.26. The highest BCUT2D eigenvalue weighted by Crippen LogP contribution is 2.37. The highest BCUT2D eigenvalue weighted by Gasteiger charge is 2.21. The topological polar surface area (TPSA) is 0 Å². The van der Waals surface area contributed by atoms with Gasteiger partial charge in [0.05, 0.1) is 0 Å². The van der Waals surface area contributed by atoms with E-state index < -0.39 is 0 Å². The minimum Gasteiger partial charge on any atom is -0.207 e. The predicted molar refractivity (Wildman–Crippen MR) is 86.8 cm³/mol. The Bertz CT molecular complexity index is 577. The van der Waals surface area contributed by atoms with E-state index in [4.69, 9.17) is 0 Å². The maximum absolute atomic E-state index is 13.3. The summed E-state index contributed by atoms with van der Waals surface area (Å²) in [5.74, 6) is 1.48. The highest BCUT2D eigenvalue weighted by molar-refractivity contribution is 5.63. The summed E-state index contributed by atoms with van der Waals surface area (Å²) < 4.78 is 13.3. The van der Waals surface area contributed by atoms with Crippen LogP contribution in [0.5, 0.6) is 0 Å². The van der Waals surface area contributed by atoms with Crippen molar-refractivity contribution in [1.29, 1.82) is 0 Å². The van der Waals surface area contributed by atoms with Crippen molar-refractivity contribution in [3.8, 4) is 11.1 Å². The van der Waals surface area contributed by atoms with Gasteiger partial charge in [0.15, 0.2) is 0 Å². The van der Waals surface area contributed by atoms with E-state index in [1.807, 2.05) is 6.07 Å². The van der Waals surface area contributed by atoms with Gasteiger partial charge in [-0.1, -0.05) is 49.7 Å². The second-order valence-electron chi connectivity index (χ2n) is 6.26. The molecule has 2 aromatic carbocycles. The normalized spacial score (nSPS) is 22.2. The number of halogens is 1. The number of benzene rings is 2. The molecule has 3 rings (SSSR count). The zero-order valence-corrected chi connectivity index (χ0v) is 12.7. The van der Waals surface area contributed by atoms with Crippen LogP contribution in [0.3, 0.4) is 0 Å². The van der Waals surface area contributed by atoms with Gasteiger partial charge in [0.1, 0.15) is 5.82 Å². The Morgan fingerprint density at radius 2 is 1.62 bits per heavy atom. The molecule has 1 aliphatic rings. The Hall–Kier alpha value is -1.63. The summed E-state index contributed by atoms with van der Waals surface area (Å²) in [5.41, 5.74) is 3.50. The maximum atomic E-state index is 13.3. The van der Waals surface area contributed by atoms with Crippen molar-refractivity contribution in [1.82, 2.24) is 0 Å². The quantitative estimate of drug-likeness (QED) is 0.631. The highest BCUT2D eigenvalue weighted by atomic mass is 19.1. The Kier molecular flexibility index (Phi) is 4.38. The Morgan fingerprint density at radius 3 is 2.24 bits per heavy atom. The zero-order valence-electron chi connectivity index (χ0n) is 12.7. The van der Waals surface area contributed by atoms with Crippen LogP contribution in [0, 0.1) is 11.7 Å². The van der Waals surface area contributed by atoms with Gasteiger partial charge in [0.2, 0.25) is 0 Å². The van der Waals surface area contributed by atoms with E-state index in [-0.39, 0.29) is 5.82 Å². The van der Waals surface area contributed by atoms with E-state index in [2.05, 4.69) is 31.2 Å². The van der Waals surface area contributed by atoms with Crippen LogP contribution in [0.4, 0.5) is 4.39 Å². The van der Waals surface area contributed by atoms with Crippen molar-refractivity contribution in [2.45, 2.75) is 44.9 Å². The first-order valence-electron chi connectivity index (χ1n) is 8.12. The smallest absolute Gasteiger partial charge is 0.123 e. The SMILES string of the molecule is CCC1CCC(c2ccc(-c3cccc(F)c3)cc2)CC1. The fraction of sp³-hybridized carbons (Fsp3) is 0.400. The Morgan fingerprint density at radius 1 is 0.905 bits per heavy atom. The molecule has 0 heterocycles. The van der Waals surface area contributed by atoms with Gasteiger partial charge < -0.3 is 0 Å². The first-order valence-corrected chi connectivity index (χ1v) is 8.12. The monoisotopic (exact) mass is 282 g/mol. The minimum absolute atomic E-state index is 0.172. The van der Waals surface area contributed by atoms with E-state index in [1.54, 1.807) is 12.1 Å². The molecular weight excluding hydrogens is 259 g/mol. The number of hydrogen-bond donors (Lipinski definition) is 0. The second kappa shape index (κ2) is 6.43. The number of hydrogen-bond acceptors (Lipinski definition) is 0. The van der Waals surface area contributed by atoms with E-state index in [0.717, 1.165) is 17.0 Å². The van der Waals surface area contributed by atoms with E-state index in [0.29, 0.717) is 5.92 Å². The lowest BCUT2D eigenvalue weighted by molar-refractivity contribution is 0.319. The molecule has 1 fully saturated rings. The number of rotatable bonds is 3. The van der Waals surface area contributed by atoms with E-state index in [1.165, 1.54) is 43.7 Å². The molecule has 0 N–H and O–H groups in total. The molecule has 0 aliphatic heterocycles. The van der Waals surface area contributed by atoms with Gasteiger partial charge in [-0.15, -0.1) is 0 Å². The molecule has 0 nitrogen and oxygen atoms in total. The predicted octanol–water partition coefficient (Wildman–Crippen LogP) is 6.18. The standard InChI is InChI=1S/C20H23F/c1-2-15-6-8-16(9-7-15)17-10-12-18(13-11-17)19-4-3-5-20(21)14-19/h3-5,10-16H,2,6-9H2,1H3. The Labute approximate surface area is 127 Å². The minimum atomic E-state index is -0.172. The van der Waals surface area contributed by atoms with Crippen LogP contribution in [0.15, 0.2) is 48.5 Å². The van der Waals surface area contributed by atoms with Gasteiger partial charge in [-0.25, -0.2) is 4.39 Å².